The molecule has 1 amide bonds. The van der Waals surface area contributed by atoms with Crippen LogP contribution in [0.2, 0.25) is 0 Å². The van der Waals surface area contributed by atoms with Crippen LogP contribution in [0.25, 0.3) is 6.08 Å². The molecule has 1 aliphatic heterocycles. The second-order valence-corrected chi connectivity index (χ2v) is 8.47. The second-order valence-electron chi connectivity index (χ2n) is 7.46. The van der Waals surface area contributed by atoms with Crippen molar-refractivity contribution in [3.63, 3.8) is 0 Å². The number of carbonyl (C=O) groups is 1. The third kappa shape index (κ3) is 5.50. The van der Waals surface area contributed by atoms with Crippen LogP contribution in [-0.2, 0) is 4.79 Å². The minimum absolute atomic E-state index is 0.0289. The lowest BCUT2D eigenvalue weighted by Crippen LogP contribution is -2.28. The van der Waals surface area contributed by atoms with E-state index in [-0.39, 0.29) is 5.91 Å². The quantitative estimate of drug-likeness (QED) is 0.368. The minimum atomic E-state index is -0.0289. The number of methoxy groups -OCH3 is 1. The summed E-state index contributed by atoms with van der Waals surface area (Å²) in [5, 5.41) is 0.707. The summed E-state index contributed by atoms with van der Waals surface area (Å²) in [5.41, 5.74) is 4.01. The summed E-state index contributed by atoms with van der Waals surface area (Å²) in [7, 11) is 1.63. The number of likely N-dealkylation sites (N-methyl/N-ethyl adjacent to an activating group) is 1. The van der Waals surface area contributed by atoms with Crippen molar-refractivity contribution in [1.82, 2.24) is 4.90 Å². The highest BCUT2D eigenvalue weighted by atomic mass is 32.2. The maximum absolute atomic E-state index is 13.0. The summed E-state index contributed by atoms with van der Waals surface area (Å²) in [6, 6.07) is 11.9. The van der Waals surface area contributed by atoms with E-state index in [1.54, 1.807) is 12.0 Å². The number of rotatable bonds is 8. The van der Waals surface area contributed by atoms with Gasteiger partial charge in [0.15, 0.2) is 16.7 Å². The van der Waals surface area contributed by atoms with E-state index in [0.29, 0.717) is 29.0 Å². The maximum Gasteiger partial charge on any atom is 0.266 e. The third-order valence-corrected chi connectivity index (χ3v) is 6.03. The van der Waals surface area contributed by atoms with E-state index in [1.807, 2.05) is 51.1 Å². The van der Waals surface area contributed by atoms with Crippen LogP contribution in [0.1, 0.15) is 43.4 Å². The predicted molar refractivity (Wildman–Crippen MR) is 129 cm³/mol. The number of amidine groups is 1. The Balaban J connectivity index is 1.88. The van der Waals surface area contributed by atoms with Crippen LogP contribution >= 0.6 is 11.8 Å². The molecule has 0 radical (unpaired) electrons. The van der Waals surface area contributed by atoms with E-state index < -0.39 is 0 Å². The summed E-state index contributed by atoms with van der Waals surface area (Å²) in [5.74, 6) is 1.35. The van der Waals surface area contributed by atoms with Crippen LogP contribution < -0.4 is 9.47 Å². The molecule has 2 aromatic carbocycles. The van der Waals surface area contributed by atoms with Gasteiger partial charge in [-0.3, -0.25) is 9.69 Å². The number of ether oxygens (including phenoxy) is 2. The molecule has 0 spiro atoms. The van der Waals surface area contributed by atoms with Gasteiger partial charge in [-0.2, -0.15) is 0 Å². The Labute approximate surface area is 189 Å². The largest absolute Gasteiger partial charge is 0.493 e. The number of aryl methyl sites for hydroxylation is 2. The van der Waals surface area contributed by atoms with Crippen molar-refractivity contribution in [1.29, 1.82) is 0 Å². The van der Waals surface area contributed by atoms with Gasteiger partial charge in [0.05, 0.1) is 24.3 Å². The molecule has 0 unspecified atom stereocenters. The molecule has 3 rings (SSSR count). The molecule has 0 N–H and O–H groups in total. The Kier molecular flexibility index (Phi) is 7.80. The first-order valence-corrected chi connectivity index (χ1v) is 11.5. The Morgan fingerprint density at radius 1 is 1.10 bits per heavy atom. The van der Waals surface area contributed by atoms with Gasteiger partial charge >= 0.3 is 0 Å². The van der Waals surface area contributed by atoms with Crippen LogP contribution in [0.15, 0.2) is 46.3 Å². The normalized spacial score (nSPS) is 16.4. The first-order chi connectivity index (χ1) is 15.0. The summed E-state index contributed by atoms with van der Waals surface area (Å²) in [6.45, 7) is 9.40. The molecule has 1 heterocycles. The predicted octanol–water partition coefficient (Wildman–Crippen LogP) is 6.11. The standard InChI is InChI=1S/C25H30N2O3S/c1-6-8-13-30-21-12-11-19(15-22(21)29-5)16-23-24(28)27(7-2)25(31-23)26-20-14-17(3)9-10-18(20)4/h9-12,14-16H,6-8,13H2,1-5H3/b23-16+,26-25?. The Morgan fingerprint density at radius 3 is 2.61 bits per heavy atom. The molecule has 0 aromatic heterocycles. The highest BCUT2D eigenvalue weighted by Gasteiger charge is 2.32. The molecule has 0 aliphatic carbocycles. The fourth-order valence-electron chi connectivity index (χ4n) is 3.18. The van der Waals surface area contributed by atoms with Crippen LogP contribution in [0.5, 0.6) is 11.5 Å². The zero-order valence-corrected chi connectivity index (χ0v) is 19.7. The number of benzene rings is 2. The molecule has 0 bridgehead atoms. The molecule has 6 heteroatoms. The lowest BCUT2D eigenvalue weighted by atomic mass is 10.1. The van der Waals surface area contributed by atoms with Crippen LogP contribution in [0.3, 0.4) is 0 Å². The highest BCUT2D eigenvalue weighted by molar-refractivity contribution is 8.18. The Hall–Kier alpha value is -2.73. The third-order valence-electron chi connectivity index (χ3n) is 5.03. The second kappa shape index (κ2) is 10.5. The van der Waals surface area contributed by atoms with Crippen molar-refractivity contribution < 1.29 is 14.3 Å². The van der Waals surface area contributed by atoms with E-state index in [4.69, 9.17) is 14.5 Å². The maximum atomic E-state index is 13.0. The van der Waals surface area contributed by atoms with E-state index in [0.717, 1.165) is 41.0 Å². The zero-order valence-electron chi connectivity index (χ0n) is 18.9. The van der Waals surface area contributed by atoms with E-state index in [1.165, 1.54) is 11.8 Å². The molecule has 0 saturated carbocycles. The molecule has 1 aliphatic rings. The van der Waals surface area contributed by atoms with Crippen LogP contribution in [0.4, 0.5) is 5.69 Å². The Morgan fingerprint density at radius 2 is 1.90 bits per heavy atom. The fourth-order valence-corrected chi connectivity index (χ4v) is 4.24. The van der Waals surface area contributed by atoms with Gasteiger partial charge in [-0.05, 0) is 79.9 Å². The Bertz CT molecular complexity index is 1010. The SMILES string of the molecule is CCCCOc1ccc(/C=C2/SC(=Nc3cc(C)ccc3C)N(CC)C2=O)cc1OC. The summed E-state index contributed by atoms with van der Waals surface area (Å²) < 4.78 is 11.3. The number of nitrogens with zero attached hydrogens (tertiary/aromatic N) is 2. The average Bonchev–Trinajstić information content (AvgIpc) is 3.05. The molecular formula is C25H30N2O3S. The van der Waals surface area contributed by atoms with Crippen molar-refractivity contribution in [2.24, 2.45) is 4.99 Å². The molecule has 164 valence electrons. The number of hydrogen-bond acceptors (Lipinski definition) is 5. The fraction of sp³-hybridized carbons (Fsp3) is 0.360. The van der Waals surface area contributed by atoms with Crippen molar-refractivity contribution in [3.05, 3.63) is 58.0 Å². The van der Waals surface area contributed by atoms with Gasteiger partial charge in [0, 0.05) is 6.54 Å². The van der Waals surface area contributed by atoms with Crippen molar-refractivity contribution in [2.75, 3.05) is 20.3 Å². The lowest BCUT2D eigenvalue weighted by molar-refractivity contribution is -0.122. The molecule has 0 atom stereocenters. The zero-order chi connectivity index (χ0) is 22.4. The van der Waals surface area contributed by atoms with Gasteiger partial charge in [-0.1, -0.05) is 31.5 Å². The van der Waals surface area contributed by atoms with Gasteiger partial charge in [0.2, 0.25) is 0 Å². The molecule has 31 heavy (non-hydrogen) atoms. The average molecular weight is 439 g/mol. The summed E-state index contributed by atoms with van der Waals surface area (Å²) in [4.78, 5) is 20.2. The van der Waals surface area contributed by atoms with Gasteiger partial charge in [0.25, 0.3) is 5.91 Å². The monoisotopic (exact) mass is 438 g/mol. The molecule has 1 saturated heterocycles. The summed E-state index contributed by atoms with van der Waals surface area (Å²) in [6.07, 6.45) is 3.96. The van der Waals surface area contributed by atoms with Crippen LogP contribution in [0, 0.1) is 13.8 Å². The molecular weight excluding hydrogens is 408 g/mol. The van der Waals surface area contributed by atoms with E-state index >= 15 is 0 Å². The van der Waals surface area contributed by atoms with Gasteiger partial charge in [-0.15, -0.1) is 0 Å². The van der Waals surface area contributed by atoms with Crippen molar-refractivity contribution in [3.8, 4) is 11.5 Å². The van der Waals surface area contributed by atoms with Crippen LogP contribution in [-0.4, -0.2) is 36.2 Å². The van der Waals surface area contributed by atoms with Crippen molar-refractivity contribution >= 4 is 34.6 Å². The number of aliphatic imine (C=N–C) groups is 1. The molecule has 1 fully saturated rings. The van der Waals surface area contributed by atoms with Gasteiger partial charge < -0.3 is 9.47 Å². The minimum Gasteiger partial charge on any atom is -0.493 e. The van der Waals surface area contributed by atoms with Crippen molar-refractivity contribution in [2.45, 2.75) is 40.5 Å². The first kappa shape index (κ1) is 22.9. The number of unbranched alkanes of at least 4 members (excludes halogenated alkanes) is 1. The summed E-state index contributed by atoms with van der Waals surface area (Å²) >= 11 is 1.41. The number of hydrogen-bond donors (Lipinski definition) is 0. The van der Waals surface area contributed by atoms with E-state index in [2.05, 4.69) is 19.1 Å². The topological polar surface area (TPSA) is 51.1 Å². The first-order valence-electron chi connectivity index (χ1n) is 10.6. The highest BCUT2D eigenvalue weighted by Crippen LogP contribution is 2.36. The number of amides is 1. The number of carbonyl (C=O) groups excluding carboxylic acids is 1. The molecule has 5 nitrogen and oxygen atoms in total. The smallest absolute Gasteiger partial charge is 0.266 e. The van der Waals surface area contributed by atoms with Gasteiger partial charge in [-0.25, -0.2) is 4.99 Å². The van der Waals surface area contributed by atoms with Gasteiger partial charge in [0.1, 0.15) is 0 Å². The number of thioether (sulfide) groups is 1. The molecule has 2 aromatic rings. The lowest BCUT2D eigenvalue weighted by Gasteiger charge is -2.13. The van der Waals surface area contributed by atoms with E-state index in [9.17, 15) is 4.79 Å².